The Hall–Kier alpha value is -2.86. The summed E-state index contributed by atoms with van der Waals surface area (Å²) in [7, 11) is -3.60. The topological polar surface area (TPSA) is 71.1 Å². The van der Waals surface area contributed by atoms with Crippen molar-refractivity contribution in [1.29, 1.82) is 0 Å². The van der Waals surface area contributed by atoms with Crippen molar-refractivity contribution in [3.05, 3.63) is 84.1 Å². The summed E-state index contributed by atoms with van der Waals surface area (Å²) in [5.74, 6) is 0.684. The summed E-state index contributed by atoms with van der Waals surface area (Å²) >= 11 is 0. The third-order valence-corrected chi connectivity index (χ3v) is 5.02. The Morgan fingerprint density at radius 2 is 1.76 bits per heavy atom. The molecule has 3 rings (SSSR count). The first-order valence-corrected chi connectivity index (χ1v) is 9.35. The first-order valence-electron chi connectivity index (χ1n) is 7.86. The van der Waals surface area contributed by atoms with E-state index in [1.54, 1.807) is 42.5 Å². The van der Waals surface area contributed by atoms with E-state index in [1.165, 1.54) is 11.8 Å². The molecule has 0 saturated heterocycles. The van der Waals surface area contributed by atoms with Crippen LogP contribution in [0.25, 0.3) is 0 Å². The van der Waals surface area contributed by atoms with Crippen molar-refractivity contribution in [2.75, 3.05) is 10.0 Å². The van der Waals surface area contributed by atoms with E-state index in [1.807, 2.05) is 12.1 Å². The highest BCUT2D eigenvalue weighted by molar-refractivity contribution is 7.92. The molecule has 0 fully saturated rings. The molecule has 2 aromatic carbocycles. The van der Waals surface area contributed by atoms with Gasteiger partial charge in [0.25, 0.3) is 10.0 Å². The third-order valence-electron chi connectivity index (χ3n) is 3.63. The van der Waals surface area contributed by atoms with E-state index >= 15 is 0 Å². The van der Waals surface area contributed by atoms with E-state index in [4.69, 9.17) is 0 Å². The Morgan fingerprint density at radius 1 is 0.960 bits per heavy atom. The lowest BCUT2D eigenvalue weighted by atomic mass is 10.1. The van der Waals surface area contributed by atoms with Crippen LogP contribution in [-0.2, 0) is 16.6 Å². The fourth-order valence-corrected chi connectivity index (χ4v) is 3.45. The minimum atomic E-state index is -3.60. The molecular weight excluding hydrogens is 334 g/mol. The lowest BCUT2D eigenvalue weighted by Crippen LogP contribution is -2.13. The molecule has 0 radical (unpaired) electrons. The van der Waals surface area contributed by atoms with Gasteiger partial charge in [-0.1, -0.05) is 48.0 Å². The number of aromatic nitrogens is 1. The summed E-state index contributed by atoms with van der Waals surface area (Å²) in [5.41, 5.74) is 2.79. The summed E-state index contributed by atoms with van der Waals surface area (Å²) in [6, 6.07) is 19.9. The number of nitrogens with zero attached hydrogens (tertiary/aromatic N) is 1. The monoisotopic (exact) mass is 353 g/mol. The van der Waals surface area contributed by atoms with Gasteiger partial charge in [-0.25, -0.2) is 13.4 Å². The van der Waals surface area contributed by atoms with E-state index in [-0.39, 0.29) is 4.90 Å². The van der Waals surface area contributed by atoms with Gasteiger partial charge >= 0.3 is 0 Å². The first-order chi connectivity index (χ1) is 12.0. The number of benzene rings is 2. The molecule has 0 atom stereocenters. The largest absolute Gasteiger partial charge is 0.366 e. The number of anilines is 2. The minimum absolute atomic E-state index is 0.219. The maximum atomic E-state index is 12.3. The molecule has 1 aromatic heterocycles. The highest BCUT2D eigenvalue weighted by Crippen LogP contribution is 2.16. The number of rotatable bonds is 6. The van der Waals surface area contributed by atoms with Crippen molar-refractivity contribution in [3.8, 4) is 0 Å². The van der Waals surface area contributed by atoms with Crippen LogP contribution in [0.4, 0.5) is 11.5 Å². The number of pyridine rings is 1. The van der Waals surface area contributed by atoms with Crippen LogP contribution in [-0.4, -0.2) is 13.4 Å². The Labute approximate surface area is 147 Å². The smallest absolute Gasteiger partial charge is 0.261 e. The van der Waals surface area contributed by atoms with Gasteiger partial charge in [-0.05, 0) is 36.8 Å². The molecule has 1 heterocycles. The van der Waals surface area contributed by atoms with Crippen LogP contribution in [0.5, 0.6) is 0 Å². The number of hydrogen-bond acceptors (Lipinski definition) is 4. The molecule has 0 aliphatic rings. The van der Waals surface area contributed by atoms with Gasteiger partial charge in [0.2, 0.25) is 0 Å². The molecular formula is C19H19N3O2S. The van der Waals surface area contributed by atoms with Gasteiger partial charge in [0, 0.05) is 6.54 Å². The zero-order chi connectivity index (χ0) is 17.7. The van der Waals surface area contributed by atoms with E-state index in [0.29, 0.717) is 18.1 Å². The molecule has 2 N–H and O–H groups in total. The Balaban J connectivity index is 1.64. The molecule has 0 saturated carbocycles. The predicted molar refractivity (Wildman–Crippen MR) is 100.0 cm³/mol. The van der Waals surface area contributed by atoms with Gasteiger partial charge in [0.1, 0.15) is 5.82 Å². The van der Waals surface area contributed by atoms with Crippen molar-refractivity contribution in [2.45, 2.75) is 18.4 Å². The second-order valence-electron chi connectivity index (χ2n) is 5.69. The molecule has 0 aliphatic heterocycles. The van der Waals surface area contributed by atoms with Crippen LogP contribution in [0, 0.1) is 6.92 Å². The maximum absolute atomic E-state index is 12.3. The fourth-order valence-electron chi connectivity index (χ4n) is 2.39. The van der Waals surface area contributed by atoms with Crippen molar-refractivity contribution in [2.24, 2.45) is 0 Å². The van der Waals surface area contributed by atoms with Crippen LogP contribution < -0.4 is 10.0 Å². The molecule has 128 valence electrons. The SMILES string of the molecule is Cc1cccc(CNc2ccc(NS(=O)(=O)c3ccccc3)cn2)c1. The van der Waals surface area contributed by atoms with E-state index in [0.717, 1.165) is 5.56 Å². The second-order valence-corrected chi connectivity index (χ2v) is 7.38. The summed E-state index contributed by atoms with van der Waals surface area (Å²) in [6.07, 6.45) is 1.50. The Bertz CT molecular complexity index is 940. The standard InChI is InChI=1S/C19H19N3O2S/c1-15-6-5-7-16(12-15)13-20-19-11-10-17(14-21-19)22-25(23,24)18-8-3-2-4-9-18/h2-12,14,22H,13H2,1H3,(H,20,21). The van der Waals surface area contributed by atoms with Gasteiger partial charge in [0.15, 0.2) is 0 Å². The van der Waals surface area contributed by atoms with Gasteiger partial charge < -0.3 is 5.32 Å². The summed E-state index contributed by atoms with van der Waals surface area (Å²) in [4.78, 5) is 4.48. The highest BCUT2D eigenvalue weighted by atomic mass is 32.2. The molecule has 25 heavy (non-hydrogen) atoms. The van der Waals surface area contributed by atoms with Gasteiger partial charge in [-0.3, -0.25) is 4.72 Å². The Morgan fingerprint density at radius 3 is 2.44 bits per heavy atom. The summed E-state index contributed by atoms with van der Waals surface area (Å²) in [5, 5.41) is 3.22. The van der Waals surface area contributed by atoms with Crippen molar-refractivity contribution in [1.82, 2.24) is 4.98 Å². The van der Waals surface area contributed by atoms with Gasteiger partial charge in [-0.2, -0.15) is 0 Å². The third kappa shape index (κ3) is 4.58. The van der Waals surface area contributed by atoms with Gasteiger partial charge in [-0.15, -0.1) is 0 Å². The lowest BCUT2D eigenvalue weighted by Gasteiger charge is -2.09. The average molecular weight is 353 g/mol. The lowest BCUT2D eigenvalue weighted by molar-refractivity contribution is 0.601. The summed E-state index contributed by atoms with van der Waals surface area (Å²) in [6.45, 7) is 2.71. The number of sulfonamides is 1. The van der Waals surface area contributed by atoms with Crippen LogP contribution >= 0.6 is 0 Å². The number of nitrogens with one attached hydrogen (secondary N) is 2. The van der Waals surface area contributed by atoms with Crippen LogP contribution in [0.1, 0.15) is 11.1 Å². The zero-order valence-corrected chi connectivity index (χ0v) is 14.6. The normalized spacial score (nSPS) is 11.1. The molecule has 5 nitrogen and oxygen atoms in total. The first kappa shape index (κ1) is 17.0. The second kappa shape index (κ2) is 7.36. The summed E-state index contributed by atoms with van der Waals surface area (Å²) < 4.78 is 27.1. The van der Waals surface area contributed by atoms with Crippen molar-refractivity contribution < 1.29 is 8.42 Å². The number of hydrogen-bond donors (Lipinski definition) is 2. The van der Waals surface area contributed by atoms with E-state index < -0.39 is 10.0 Å². The Kier molecular flexibility index (Phi) is 5.00. The van der Waals surface area contributed by atoms with E-state index in [2.05, 4.69) is 34.1 Å². The maximum Gasteiger partial charge on any atom is 0.261 e. The van der Waals surface area contributed by atoms with Crippen LogP contribution in [0.2, 0.25) is 0 Å². The zero-order valence-electron chi connectivity index (χ0n) is 13.8. The predicted octanol–water partition coefficient (Wildman–Crippen LogP) is 3.80. The molecule has 0 amide bonds. The van der Waals surface area contributed by atoms with Crippen molar-refractivity contribution >= 4 is 21.5 Å². The van der Waals surface area contributed by atoms with E-state index in [9.17, 15) is 8.42 Å². The number of aryl methyl sites for hydroxylation is 1. The average Bonchev–Trinajstić information content (AvgIpc) is 2.62. The fraction of sp³-hybridized carbons (Fsp3) is 0.105. The molecule has 0 spiro atoms. The quantitative estimate of drug-likeness (QED) is 0.707. The minimum Gasteiger partial charge on any atom is -0.366 e. The van der Waals surface area contributed by atoms with Crippen LogP contribution in [0.15, 0.2) is 77.8 Å². The molecule has 3 aromatic rings. The van der Waals surface area contributed by atoms with Gasteiger partial charge in [0.05, 0.1) is 16.8 Å². The van der Waals surface area contributed by atoms with Crippen LogP contribution in [0.3, 0.4) is 0 Å². The van der Waals surface area contributed by atoms with Crippen molar-refractivity contribution in [3.63, 3.8) is 0 Å². The molecule has 0 unspecified atom stereocenters. The molecule has 0 aliphatic carbocycles. The molecule has 0 bridgehead atoms. The highest BCUT2D eigenvalue weighted by Gasteiger charge is 2.13. The molecule has 6 heteroatoms.